The Hall–Kier alpha value is -2.85. The molecular formula is C19H22ClN3O6S. The lowest BCUT2D eigenvalue weighted by Gasteiger charge is -2.19. The summed E-state index contributed by atoms with van der Waals surface area (Å²) in [6.07, 6.45) is 0. The highest BCUT2D eigenvalue weighted by atomic mass is 35.5. The number of likely N-dealkylation sites (N-methyl/N-ethyl adjacent to an activating group) is 1. The number of nitro groups is 1. The number of halogens is 1. The maximum atomic E-state index is 12.7. The highest BCUT2D eigenvalue weighted by molar-refractivity contribution is 7.92. The van der Waals surface area contributed by atoms with Crippen molar-refractivity contribution >= 4 is 38.9 Å². The lowest BCUT2D eigenvalue weighted by molar-refractivity contribution is -0.385. The van der Waals surface area contributed by atoms with Gasteiger partial charge in [0, 0.05) is 25.2 Å². The number of rotatable bonds is 9. The van der Waals surface area contributed by atoms with Gasteiger partial charge in [-0.1, -0.05) is 17.7 Å². The van der Waals surface area contributed by atoms with Crippen LogP contribution in [-0.2, 0) is 14.8 Å². The smallest absolute Gasteiger partial charge is 0.270 e. The van der Waals surface area contributed by atoms with Gasteiger partial charge in [0.15, 0.2) is 6.61 Å². The molecule has 0 unspecified atom stereocenters. The molecule has 0 fully saturated rings. The van der Waals surface area contributed by atoms with Crippen LogP contribution in [0.1, 0.15) is 19.4 Å². The van der Waals surface area contributed by atoms with Crippen LogP contribution >= 0.6 is 11.6 Å². The van der Waals surface area contributed by atoms with Crippen LogP contribution in [0.2, 0.25) is 5.02 Å². The van der Waals surface area contributed by atoms with Crippen LogP contribution in [0.15, 0.2) is 41.3 Å². The van der Waals surface area contributed by atoms with Crippen LogP contribution in [0.5, 0.6) is 5.75 Å². The number of nitrogens with one attached hydrogen (secondary N) is 1. The average molecular weight is 456 g/mol. The number of ether oxygens (including phenoxy) is 1. The molecule has 0 aromatic heterocycles. The van der Waals surface area contributed by atoms with E-state index in [1.807, 2.05) is 13.8 Å². The van der Waals surface area contributed by atoms with Gasteiger partial charge in [-0.3, -0.25) is 19.6 Å². The molecule has 2 rings (SSSR count). The molecule has 0 heterocycles. The number of aryl methyl sites for hydroxylation is 1. The van der Waals surface area contributed by atoms with Gasteiger partial charge in [-0.05, 0) is 44.5 Å². The number of sulfonamides is 1. The van der Waals surface area contributed by atoms with Crippen molar-refractivity contribution < 1.29 is 22.9 Å². The summed E-state index contributed by atoms with van der Waals surface area (Å²) in [6.45, 7) is 6.18. The van der Waals surface area contributed by atoms with E-state index in [9.17, 15) is 23.3 Å². The minimum atomic E-state index is -4.09. The predicted molar refractivity (Wildman–Crippen MR) is 114 cm³/mol. The summed E-state index contributed by atoms with van der Waals surface area (Å²) in [5.41, 5.74) is 0.169. The van der Waals surface area contributed by atoms with Gasteiger partial charge in [-0.2, -0.15) is 0 Å². The molecule has 0 spiro atoms. The highest BCUT2D eigenvalue weighted by Crippen LogP contribution is 2.30. The molecule has 0 aliphatic carbocycles. The van der Waals surface area contributed by atoms with Crippen LogP contribution in [0.25, 0.3) is 0 Å². The minimum absolute atomic E-state index is 0.110. The maximum absolute atomic E-state index is 12.7. The molecule has 0 saturated heterocycles. The van der Waals surface area contributed by atoms with E-state index < -0.39 is 14.9 Å². The van der Waals surface area contributed by atoms with E-state index >= 15 is 0 Å². The summed E-state index contributed by atoms with van der Waals surface area (Å²) in [7, 11) is -4.09. The zero-order valence-electron chi connectivity index (χ0n) is 16.7. The van der Waals surface area contributed by atoms with Crippen LogP contribution < -0.4 is 9.46 Å². The van der Waals surface area contributed by atoms with Gasteiger partial charge < -0.3 is 9.64 Å². The molecule has 0 saturated carbocycles. The van der Waals surface area contributed by atoms with E-state index in [0.717, 1.165) is 6.07 Å². The number of hydrogen-bond acceptors (Lipinski definition) is 6. The fourth-order valence-corrected chi connectivity index (χ4v) is 4.24. The first kappa shape index (κ1) is 23.4. The lowest BCUT2D eigenvalue weighted by Crippen LogP contribution is -2.34. The van der Waals surface area contributed by atoms with Crippen molar-refractivity contribution in [2.45, 2.75) is 25.7 Å². The molecular weight excluding hydrogens is 434 g/mol. The van der Waals surface area contributed by atoms with E-state index in [-0.39, 0.29) is 39.6 Å². The molecule has 0 radical (unpaired) electrons. The van der Waals surface area contributed by atoms with Crippen LogP contribution in [-0.4, -0.2) is 43.8 Å². The van der Waals surface area contributed by atoms with Crippen LogP contribution in [0.3, 0.4) is 0 Å². The summed E-state index contributed by atoms with van der Waals surface area (Å²) in [6, 6.07) is 7.79. The number of anilines is 1. The number of non-ortho nitro benzene ring substituents is 1. The van der Waals surface area contributed by atoms with Crippen molar-refractivity contribution in [3.05, 3.63) is 57.1 Å². The van der Waals surface area contributed by atoms with E-state index in [2.05, 4.69) is 4.72 Å². The van der Waals surface area contributed by atoms with Gasteiger partial charge in [0.25, 0.3) is 21.6 Å². The number of amides is 1. The topological polar surface area (TPSA) is 119 Å². The zero-order chi connectivity index (χ0) is 22.5. The van der Waals surface area contributed by atoms with Gasteiger partial charge in [0.05, 0.1) is 20.5 Å². The first-order valence-electron chi connectivity index (χ1n) is 9.07. The largest absolute Gasteiger partial charge is 0.482 e. The number of carbonyl (C=O) groups excluding carboxylic acids is 1. The van der Waals surface area contributed by atoms with Crippen molar-refractivity contribution in [2.24, 2.45) is 0 Å². The van der Waals surface area contributed by atoms with Gasteiger partial charge in [0.2, 0.25) is 0 Å². The second kappa shape index (κ2) is 9.77. The third kappa shape index (κ3) is 5.61. The predicted octanol–water partition coefficient (Wildman–Crippen LogP) is 3.60. The Morgan fingerprint density at radius 1 is 1.20 bits per heavy atom. The zero-order valence-corrected chi connectivity index (χ0v) is 18.3. The van der Waals surface area contributed by atoms with Gasteiger partial charge in [-0.15, -0.1) is 0 Å². The molecule has 0 atom stereocenters. The molecule has 162 valence electrons. The Kier molecular flexibility index (Phi) is 7.63. The molecule has 11 heteroatoms. The minimum Gasteiger partial charge on any atom is -0.482 e. The maximum Gasteiger partial charge on any atom is 0.270 e. The average Bonchev–Trinajstić information content (AvgIpc) is 2.68. The lowest BCUT2D eigenvalue weighted by atomic mass is 10.2. The molecule has 1 amide bonds. The van der Waals surface area contributed by atoms with Crippen molar-refractivity contribution in [3.8, 4) is 5.75 Å². The van der Waals surface area contributed by atoms with Crippen molar-refractivity contribution in [3.63, 3.8) is 0 Å². The normalized spacial score (nSPS) is 11.1. The van der Waals surface area contributed by atoms with E-state index in [1.165, 1.54) is 37.3 Å². The van der Waals surface area contributed by atoms with Crippen molar-refractivity contribution in [2.75, 3.05) is 24.4 Å². The van der Waals surface area contributed by atoms with Gasteiger partial charge >= 0.3 is 0 Å². The molecule has 2 aromatic rings. The first-order chi connectivity index (χ1) is 14.1. The fourth-order valence-electron chi connectivity index (χ4n) is 2.69. The van der Waals surface area contributed by atoms with E-state index in [4.69, 9.17) is 16.3 Å². The van der Waals surface area contributed by atoms with Gasteiger partial charge in [0.1, 0.15) is 5.75 Å². The monoisotopic (exact) mass is 455 g/mol. The Balaban J connectivity index is 2.18. The molecule has 9 nitrogen and oxygen atoms in total. The van der Waals surface area contributed by atoms with Crippen LogP contribution in [0.4, 0.5) is 11.4 Å². The first-order valence-corrected chi connectivity index (χ1v) is 10.9. The second-order valence-corrected chi connectivity index (χ2v) is 8.37. The summed E-state index contributed by atoms with van der Waals surface area (Å²) in [5.74, 6) is 0.0358. The van der Waals surface area contributed by atoms with E-state index in [0.29, 0.717) is 18.7 Å². The summed E-state index contributed by atoms with van der Waals surface area (Å²) >= 11 is 6.16. The number of benzene rings is 2. The number of nitro benzene ring substituents is 1. The quantitative estimate of drug-likeness (QED) is 0.455. The Morgan fingerprint density at radius 2 is 1.87 bits per heavy atom. The molecule has 1 N–H and O–H groups in total. The molecule has 2 aromatic carbocycles. The summed E-state index contributed by atoms with van der Waals surface area (Å²) < 4.78 is 33.2. The molecule has 0 aliphatic heterocycles. The van der Waals surface area contributed by atoms with E-state index in [1.54, 1.807) is 4.90 Å². The Bertz CT molecular complexity index is 1050. The Labute approximate surface area is 179 Å². The molecule has 0 aliphatic rings. The van der Waals surface area contributed by atoms with Crippen molar-refractivity contribution in [1.29, 1.82) is 0 Å². The standard InChI is InChI=1S/C19H22ClN3O6S/c1-4-22(5-2)19(24)12-29-17-9-7-14(10-16(17)20)21-30(27,28)18-11-15(23(25)26)8-6-13(18)3/h6-11,21H,4-5,12H2,1-3H3. The number of carbonyl (C=O) groups is 1. The third-order valence-electron chi connectivity index (χ3n) is 4.32. The summed E-state index contributed by atoms with van der Waals surface area (Å²) in [4.78, 5) is 23.7. The SMILES string of the molecule is CCN(CC)C(=O)COc1ccc(NS(=O)(=O)c2cc([N+](=O)[O-])ccc2C)cc1Cl. The van der Waals surface area contributed by atoms with Gasteiger partial charge in [-0.25, -0.2) is 8.42 Å². The highest BCUT2D eigenvalue weighted by Gasteiger charge is 2.21. The number of nitrogens with zero attached hydrogens (tertiary/aromatic N) is 2. The fraction of sp³-hybridized carbons (Fsp3) is 0.316. The van der Waals surface area contributed by atoms with Crippen molar-refractivity contribution in [1.82, 2.24) is 4.90 Å². The third-order valence-corrected chi connectivity index (χ3v) is 6.14. The molecule has 30 heavy (non-hydrogen) atoms. The Morgan fingerprint density at radius 3 is 2.43 bits per heavy atom. The number of hydrogen-bond donors (Lipinski definition) is 1. The summed E-state index contributed by atoms with van der Waals surface area (Å²) in [5, 5.41) is 11.1. The van der Waals surface area contributed by atoms with Crippen LogP contribution in [0, 0.1) is 17.0 Å². The second-order valence-electron chi connectivity index (χ2n) is 6.31. The molecule has 0 bridgehead atoms.